The third-order valence-corrected chi connectivity index (χ3v) is 19.5. The topological polar surface area (TPSA) is 217 Å². The molecule has 51 heavy (non-hydrogen) atoms. The molecule has 0 aliphatic heterocycles. The molecule has 0 bridgehead atoms. The number of primary sulfonamides is 1. The molecule has 278 valence electrons. The van der Waals surface area contributed by atoms with Crippen LogP contribution in [0.2, 0.25) is 5.04 Å². The molecule has 0 aromatic heterocycles. The van der Waals surface area contributed by atoms with Crippen molar-refractivity contribution in [2.75, 3.05) is 28.3 Å². The Balaban J connectivity index is 0.000000347. The monoisotopic (exact) mass is 798 g/mol. The van der Waals surface area contributed by atoms with Gasteiger partial charge in [-0.3, -0.25) is 0 Å². The average molecular weight is 799 g/mol. The van der Waals surface area contributed by atoms with Crippen molar-refractivity contribution in [3.8, 4) is 11.5 Å². The summed E-state index contributed by atoms with van der Waals surface area (Å²) in [6, 6.07) is 26.2. The fraction of sp³-hybridized carbons (Fsp3) is 0.250. The van der Waals surface area contributed by atoms with Crippen molar-refractivity contribution in [3.63, 3.8) is 0 Å². The Kier molecular flexibility index (Phi) is 13.0. The van der Waals surface area contributed by atoms with Gasteiger partial charge in [-0.05, 0) is 53.8 Å². The zero-order valence-corrected chi connectivity index (χ0v) is 33.3. The first-order valence-electron chi connectivity index (χ1n) is 15.0. The molecule has 4 rings (SSSR count). The molecule has 0 saturated carbocycles. The largest absolute Gasteiger partial charge is 0.495 e. The summed E-state index contributed by atoms with van der Waals surface area (Å²) in [6.45, 7) is 6.09. The Bertz CT molecular complexity index is 2250. The fourth-order valence-corrected chi connectivity index (χ4v) is 15.8. The maximum Gasteiger partial charge on any atom is 0.241 e. The smallest absolute Gasteiger partial charge is 0.241 e. The van der Waals surface area contributed by atoms with Crippen LogP contribution in [0.25, 0.3) is 0 Å². The van der Waals surface area contributed by atoms with E-state index in [1.807, 2.05) is 81.4 Å². The van der Waals surface area contributed by atoms with Gasteiger partial charge >= 0.3 is 0 Å². The number of methoxy groups -OCH3 is 2. The van der Waals surface area contributed by atoms with Crippen LogP contribution in [0.1, 0.15) is 20.8 Å². The second-order valence-corrected chi connectivity index (χ2v) is 23.6. The van der Waals surface area contributed by atoms with Gasteiger partial charge in [-0.25, -0.2) is 52.6 Å². The molecular formula is C32H42N4O10S4Si. The van der Waals surface area contributed by atoms with Gasteiger partial charge in [0.05, 0.1) is 24.0 Å². The molecule has 0 unspecified atom stereocenters. The van der Waals surface area contributed by atoms with E-state index in [1.54, 1.807) is 0 Å². The van der Waals surface area contributed by atoms with Crippen LogP contribution in [-0.4, -0.2) is 70.2 Å². The second kappa shape index (κ2) is 15.9. The molecule has 4 aromatic carbocycles. The molecule has 0 aliphatic carbocycles. The highest BCUT2D eigenvalue weighted by atomic mass is 32.2. The predicted molar refractivity (Wildman–Crippen MR) is 198 cm³/mol. The van der Waals surface area contributed by atoms with E-state index in [4.69, 9.17) is 14.6 Å². The Morgan fingerprint density at radius 2 is 0.941 bits per heavy atom. The van der Waals surface area contributed by atoms with Crippen LogP contribution in [0.15, 0.2) is 117 Å². The van der Waals surface area contributed by atoms with Crippen molar-refractivity contribution >= 4 is 58.7 Å². The summed E-state index contributed by atoms with van der Waals surface area (Å²) >= 11 is 0. The van der Waals surface area contributed by atoms with E-state index in [2.05, 4.69) is 13.8 Å². The molecule has 14 nitrogen and oxygen atoms in total. The fourth-order valence-electron chi connectivity index (χ4n) is 5.26. The van der Waals surface area contributed by atoms with Crippen molar-refractivity contribution in [1.29, 1.82) is 0 Å². The van der Waals surface area contributed by atoms with E-state index in [1.165, 1.54) is 46.5 Å². The highest BCUT2D eigenvalue weighted by Gasteiger charge is 2.51. The second-order valence-electron chi connectivity index (χ2n) is 11.9. The lowest BCUT2D eigenvalue weighted by atomic mass is 10.2. The lowest BCUT2D eigenvalue weighted by Crippen LogP contribution is -2.74. The minimum absolute atomic E-state index is 0.0539. The SMILES string of the molecule is CNS(=O)(=O)c1ccc(S(=O)(=O)N[Si](c2ccccc2)(c2ccccc2)C(C)(C)C)c(OC)c1.CNS(=O)(=O)c1ccc(S(N)(=O)=O)c(OC)c1. The van der Waals surface area contributed by atoms with Crippen LogP contribution in [0, 0.1) is 0 Å². The maximum atomic E-state index is 13.9. The van der Waals surface area contributed by atoms with Crippen molar-refractivity contribution in [1.82, 2.24) is 13.8 Å². The van der Waals surface area contributed by atoms with Gasteiger partial charge in [0.25, 0.3) is 0 Å². The number of ether oxygens (including phenoxy) is 2. The Labute approximate surface area is 301 Å². The van der Waals surface area contributed by atoms with Crippen molar-refractivity contribution in [2.45, 2.75) is 45.4 Å². The maximum absolute atomic E-state index is 13.9. The van der Waals surface area contributed by atoms with Gasteiger partial charge in [0.15, 0.2) is 0 Å². The van der Waals surface area contributed by atoms with Gasteiger partial charge < -0.3 is 9.47 Å². The number of hydrogen-bond acceptors (Lipinski definition) is 10. The Morgan fingerprint density at radius 1 is 0.569 bits per heavy atom. The van der Waals surface area contributed by atoms with Gasteiger partial charge in [-0.1, -0.05) is 81.4 Å². The van der Waals surface area contributed by atoms with E-state index >= 15 is 0 Å². The summed E-state index contributed by atoms with van der Waals surface area (Å²) in [4.78, 5) is -0.589. The van der Waals surface area contributed by atoms with Crippen molar-refractivity contribution in [3.05, 3.63) is 97.1 Å². The summed E-state index contributed by atoms with van der Waals surface area (Å²) in [5.74, 6) is -0.175. The molecular weight excluding hydrogens is 757 g/mol. The molecule has 0 fully saturated rings. The van der Waals surface area contributed by atoms with Crippen LogP contribution in [-0.2, 0) is 40.1 Å². The van der Waals surface area contributed by atoms with E-state index < -0.39 is 53.4 Å². The number of rotatable bonds is 12. The summed E-state index contributed by atoms with van der Waals surface area (Å²) < 4.78 is 115. The van der Waals surface area contributed by atoms with Gasteiger partial charge in [-0.15, -0.1) is 0 Å². The molecule has 4 aromatic rings. The van der Waals surface area contributed by atoms with E-state index in [0.717, 1.165) is 28.6 Å². The lowest BCUT2D eigenvalue weighted by molar-refractivity contribution is 0.401. The summed E-state index contributed by atoms with van der Waals surface area (Å²) in [6.07, 6.45) is 0. The van der Waals surface area contributed by atoms with Gasteiger partial charge in [0, 0.05) is 12.1 Å². The van der Waals surface area contributed by atoms with Crippen LogP contribution in [0.4, 0.5) is 0 Å². The van der Waals surface area contributed by atoms with E-state index in [9.17, 15) is 33.7 Å². The van der Waals surface area contributed by atoms with E-state index in [-0.39, 0.29) is 31.1 Å². The standard InChI is InChI=1S/C24H30N2O5S2Si.C8H12N2O5S2/c1-24(2,3)34(20-12-8-6-9-13-20,21-14-10-7-11-15-21)26-33(29,30)23-17-16-19(18-22(23)31-5)32(27,28)25-4;1-10-17(13,14)6-3-4-8(16(9,11)12)7(5-6)15-2/h6-18,25-26H,1-5H3;3-5,10H,1-2H3,(H2,9,11,12). The molecule has 5 N–H and O–H groups in total. The zero-order chi connectivity index (χ0) is 38.5. The number of nitrogens with two attached hydrogens (primary N) is 1. The molecule has 0 saturated heterocycles. The number of hydrogen-bond donors (Lipinski definition) is 4. The first-order valence-corrected chi connectivity index (χ1v) is 23.0. The zero-order valence-electron chi connectivity index (χ0n) is 29.0. The lowest BCUT2D eigenvalue weighted by Gasteiger charge is -2.43. The molecule has 0 radical (unpaired) electrons. The molecule has 0 amide bonds. The predicted octanol–water partition coefficient (Wildman–Crippen LogP) is 1.69. The quantitative estimate of drug-likeness (QED) is 0.152. The third-order valence-electron chi connectivity index (χ3n) is 7.85. The summed E-state index contributed by atoms with van der Waals surface area (Å²) in [5.41, 5.74) is 0. The van der Waals surface area contributed by atoms with E-state index in [0.29, 0.717) is 0 Å². The minimum atomic E-state index is -4.14. The van der Waals surface area contributed by atoms with Gasteiger partial charge in [0.2, 0.25) is 48.3 Å². The third kappa shape index (κ3) is 9.23. The van der Waals surface area contributed by atoms with Gasteiger partial charge in [0.1, 0.15) is 21.3 Å². The molecule has 0 aliphatic rings. The average Bonchev–Trinajstić information content (AvgIpc) is 3.10. The molecule has 0 heterocycles. The number of sulfonamides is 4. The van der Waals surface area contributed by atoms with Crippen LogP contribution < -0.4 is 38.8 Å². The normalized spacial score (nSPS) is 12.8. The van der Waals surface area contributed by atoms with Crippen molar-refractivity contribution < 1.29 is 43.1 Å². The van der Waals surface area contributed by atoms with Crippen molar-refractivity contribution in [2.24, 2.45) is 5.14 Å². The van der Waals surface area contributed by atoms with Crippen LogP contribution in [0.3, 0.4) is 0 Å². The highest BCUT2D eigenvalue weighted by Crippen LogP contribution is 2.36. The Morgan fingerprint density at radius 3 is 1.27 bits per heavy atom. The number of benzene rings is 4. The highest BCUT2D eigenvalue weighted by molar-refractivity contribution is 7.91. The first-order chi connectivity index (χ1) is 23.6. The van der Waals surface area contributed by atoms with Gasteiger partial charge in [-0.2, -0.15) is 0 Å². The number of nitrogens with one attached hydrogen (secondary N) is 3. The summed E-state index contributed by atoms with van der Waals surface area (Å²) in [7, 11) is -13.6. The minimum Gasteiger partial charge on any atom is -0.495 e. The van der Waals surface area contributed by atoms with Crippen LogP contribution in [0.5, 0.6) is 11.5 Å². The Hall–Kier alpha value is -3.66. The molecule has 0 spiro atoms. The first kappa shape index (κ1) is 41.8. The summed E-state index contributed by atoms with van der Waals surface area (Å²) in [5, 5.41) is 6.30. The van der Waals surface area contributed by atoms with Crippen LogP contribution >= 0.6 is 0 Å². The molecule has 0 atom stereocenters. The molecule has 19 heteroatoms.